The molecule has 0 aliphatic carbocycles. The van der Waals surface area contributed by atoms with Crippen LogP contribution in [0.4, 0.5) is 0 Å². The second-order valence-corrected chi connectivity index (χ2v) is 11.0. The lowest BCUT2D eigenvalue weighted by molar-refractivity contribution is -0.140. The van der Waals surface area contributed by atoms with E-state index in [0.717, 1.165) is 29.7 Å². The fourth-order valence-corrected chi connectivity index (χ4v) is 5.02. The van der Waals surface area contributed by atoms with E-state index in [1.54, 1.807) is 16.2 Å². The first-order valence-corrected chi connectivity index (χ1v) is 12.2. The molecule has 0 radical (unpaired) electrons. The number of benzene rings is 1. The molecule has 1 fully saturated rings. The predicted octanol–water partition coefficient (Wildman–Crippen LogP) is 4.26. The lowest BCUT2D eigenvalue weighted by Crippen LogP contribution is -2.48. The van der Waals surface area contributed by atoms with Gasteiger partial charge in [0.2, 0.25) is 11.8 Å². The molecule has 2 atom stereocenters. The number of hydrogen-bond donors (Lipinski definition) is 1. The number of carbonyl (C=O) groups is 2. The zero-order valence-corrected chi connectivity index (χ0v) is 21.0. The summed E-state index contributed by atoms with van der Waals surface area (Å²) in [6, 6.07) is 7.84. The van der Waals surface area contributed by atoms with Gasteiger partial charge < -0.3 is 15.1 Å². The van der Waals surface area contributed by atoms with Crippen LogP contribution >= 0.6 is 11.3 Å². The van der Waals surface area contributed by atoms with E-state index in [9.17, 15) is 9.59 Å². The maximum Gasteiger partial charge on any atom is 0.243 e. The highest BCUT2D eigenvalue weighted by Crippen LogP contribution is 2.29. The minimum atomic E-state index is -0.381. The third-order valence-corrected chi connectivity index (χ3v) is 6.72. The van der Waals surface area contributed by atoms with Gasteiger partial charge in [0.05, 0.1) is 22.1 Å². The van der Waals surface area contributed by atoms with Gasteiger partial charge in [-0.1, -0.05) is 45.0 Å². The van der Waals surface area contributed by atoms with Crippen LogP contribution < -0.4 is 5.32 Å². The standard InChI is InChI=1S/C25H36N4O2S/c1-17-23(32-16-26-17)19-11-9-18(10-12-19)20(15-28(5)6)27-24(31)21-8-7-13-29(21)22(30)14-25(2,3)4/h9-12,16,20-21H,7-8,13-15H2,1-6H3,(H,27,31). The Kier molecular flexibility index (Phi) is 7.72. The molecule has 1 aliphatic heterocycles. The van der Waals surface area contributed by atoms with Crippen LogP contribution in [0.15, 0.2) is 29.8 Å². The summed E-state index contributed by atoms with van der Waals surface area (Å²) in [7, 11) is 4.01. The van der Waals surface area contributed by atoms with E-state index in [1.165, 1.54) is 4.88 Å². The third kappa shape index (κ3) is 6.17. The van der Waals surface area contributed by atoms with Crippen LogP contribution in [0.2, 0.25) is 0 Å². The van der Waals surface area contributed by atoms with Crippen molar-refractivity contribution in [3.63, 3.8) is 0 Å². The number of rotatable bonds is 7. The average molecular weight is 457 g/mol. The van der Waals surface area contributed by atoms with Gasteiger partial charge in [-0.2, -0.15) is 0 Å². The number of likely N-dealkylation sites (tertiary alicyclic amines) is 1. The number of nitrogens with one attached hydrogen (secondary N) is 1. The number of aromatic nitrogens is 1. The molecule has 2 aromatic rings. The molecule has 2 amide bonds. The highest BCUT2D eigenvalue weighted by atomic mass is 32.1. The summed E-state index contributed by atoms with van der Waals surface area (Å²) >= 11 is 1.64. The van der Waals surface area contributed by atoms with Gasteiger partial charge >= 0.3 is 0 Å². The van der Waals surface area contributed by atoms with Crippen LogP contribution in [-0.2, 0) is 9.59 Å². The molecule has 7 heteroatoms. The van der Waals surface area contributed by atoms with Crippen molar-refractivity contribution in [3.05, 3.63) is 41.0 Å². The fourth-order valence-electron chi connectivity index (χ4n) is 4.21. The van der Waals surface area contributed by atoms with Gasteiger partial charge in [0.25, 0.3) is 0 Å². The lowest BCUT2D eigenvalue weighted by atomic mass is 9.91. The third-order valence-electron chi connectivity index (χ3n) is 5.74. The van der Waals surface area contributed by atoms with Crippen LogP contribution in [0.5, 0.6) is 0 Å². The second kappa shape index (κ2) is 10.1. The minimum Gasteiger partial charge on any atom is -0.346 e. The number of likely N-dealkylation sites (N-methyl/N-ethyl adjacent to an activating group) is 1. The molecule has 1 saturated heterocycles. The highest BCUT2D eigenvalue weighted by molar-refractivity contribution is 7.13. The molecule has 0 spiro atoms. The van der Waals surface area contributed by atoms with Crippen molar-refractivity contribution in [1.82, 2.24) is 20.1 Å². The van der Waals surface area contributed by atoms with E-state index in [4.69, 9.17) is 0 Å². The summed E-state index contributed by atoms with van der Waals surface area (Å²) in [4.78, 5) is 35.4. The maximum atomic E-state index is 13.3. The molecule has 1 aromatic carbocycles. The van der Waals surface area contributed by atoms with Crippen molar-refractivity contribution in [2.24, 2.45) is 5.41 Å². The number of nitrogens with zero attached hydrogens (tertiary/aromatic N) is 3. The fraction of sp³-hybridized carbons (Fsp3) is 0.560. The summed E-state index contributed by atoms with van der Waals surface area (Å²) in [6.45, 7) is 9.53. The second-order valence-electron chi connectivity index (χ2n) is 10.2. The molecule has 2 heterocycles. The summed E-state index contributed by atoms with van der Waals surface area (Å²) in [5.41, 5.74) is 5.00. The highest BCUT2D eigenvalue weighted by Gasteiger charge is 2.36. The van der Waals surface area contributed by atoms with Crippen LogP contribution in [0, 0.1) is 12.3 Å². The molecule has 0 saturated carbocycles. The SMILES string of the molecule is Cc1ncsc1-c1ccc(C(CN(C)C)NC(=O)C2CCCN2C(=O)CC(C)(C)C)cc1. The van der Waals surface area contributed by atoms with Gasteiger partial charge in [0.15, 0.2) is 0 Å². The van der Waals surface area contributed by atoms with Gasteiger partial charge in [0, 0.05) is 19.5 Å². The van der Waals surface area contributed by atoms with E-state index in [1.807, 2.05) is 26.5 Å². The molecule has 1 N–H and O–H groups in total. The normalized spacial score (nSPS) is 17.6. The predicted molar refractivity (Wildman–Crippen MR) is 131 cm³/mol. The Labute approximate surface area is 196 Å². The van der Waals surface area contributed by atoms with E-state index >= 15 is 0 Å². The number of thiazole rings is 1. The molecule has 6 nitrogen and oxygen atoms in total. The number of aryl methyl sites for hydroxylation is 1. The lowest BCUT2D eigenvalue weighted by Gasteiger charge is -2.30. The Balaban J connectivity index is 1.74. The first-order valence-electron chi connectivity index (χ1n) is 11.3. The Morgan fingerprint density at radius 2 is 1.94 bits per heavy atom. The smallest absolute Gasteiger partial charge is 0.243 e. The van der Waals surface area contributed by atoms with Crippen molar-refractivity contribution >= 4 is 23.2 Å². The van der Waals surface area contributed by atoms with Crippen molar-refractivity contribution in [1.29, 1.82) is 0 Å². The van der Waals surface area contributed by atoms with Gasteiger partial charge in [0.1, 0.15) is 6.04 Å². The largest absolute Gasteiger partial charge is 0.346 e. The Bertz CT molecular complexity index is 930. The summed E-state index contributed by atoms with van der Waals surface area (Å²) in [5.74, 6) is 0.0163. The topological polar surface area (TPSA) is 65.5 Å². The summed E-state index contributed by atoms with van der Waals surface area (Å²) in [5, 5.41) is 3.24. The zero-order valence-electron chi connectivity index (χ0n) is 20.1. The van der Waals surface area contributed by atoms with E-state index in [0.29, 0.717) is 19.5 Å². The van der Waals surface area contributed by atoms with Crippen molar-refractivity contribution in [3.8, 4) is 10.4 Å². The van der Waals surface area contributed by atoms with Gasteiger partial charge in [-0.15, -0.1) is 11.3 Å². The Morgan fingerprint density at radius 1 is 1.25 bits per heavy atom. The molecule has 3 rings (SSSR count). The maximum absolute atomic E-state index is 13.3. The van der Waals surface area contributed by atoms with E-state index in [-0.39, 0.29) is 29.3 Å². The number of amides is 2. The molecule has 1 aromatic heterocycles. The van der Waals surface area contributed by atoms with Crippen LogP contribution in [0.3, 0.4) is 0 Å². The molecule has 174 valence electrons. The van der Waals surface area contributed by atoms with Gasteiger partial charge in [-0.3, -0.25) is 9.59 Å². The molecule has 32 heavy (non-hydrogen) atoms. The van der Waals surface area contributed by atoms with Crippen molar-refractivity contribution in [2.75, 3.05) is 27.2 Å². The minimum absolute atomic E-state index is 0.0565. The molecule has 1 aliphatic rings. The zero-order chi connectivity index (χ0) is 23.5. The first kappa shape index (κ1) is 24.4. The Morgan fingerprint density at radius 3 is 2.50 bits per heavy atom. The number of carbonyl (C=O) groups excluding carboxylic acids is 2. The van der Waals surface area contributed by atoms with Gasteiger partial charge in [-0.05, 0) is 50.4 Å². The van der Waals surface area contributed by atoms with Gasteiger partial charge in [-0.25, -0.2) is 4.98 Å². The number of hydrogen-bond acceptors (Lipinski definition) is 5. The van der Waals surface area contributed by atoms with Crippen LogP contribution in [-0.4, -0.2) is 59.8 Å². The molecule has 0 bridgehead atoms. The van der Waals surface area contributed by atoms with Crippen LogP contribution in [0.1, 0.15) is 57.3 Å². The average Bonchev–Trinajstić information content (AvgIpc) is 3.35. The molecule has 2 unspecified atom stereocenters. The molecular formula is C25H36N4O2S. The summed E-state index contributed by atoms with van der Waals surface area (Å²) in [6.07, 6.45) is 2.05. The van der Waals surface area contributed by atoms with Crippen LogP contribution in [0.25, 0.3) is 10.4 Å². The monoisotopic (exact) mass is 456 g/mol. The molecular weight excluding hydrogens is 420 g/mol. The van der Waals surface area contributed by atoms with E-state index in [2.05, 4.69) is 60.2 Å². The van der Waals surface area contributed by atoms with Crippen molar-refractivity contribution in [2.45, 2.75) is 59.0 Å². The Hall–Kier alpha value is -2.25. The van der Waals surface area contributed by atoms with E-state index < -0.39 is 0 Å². The quantitative estimate of drug-likeness (QED) is 0.676. The van der Waals surface area contributed by atoms with Crippen molar-refractivity contribution < 1.29 is 9.59 Å². The first-order chi connectivity index (χ1) is 15.0. The summed E-state index contributed by atoms with van der Waals surface area (Å²) < 4.78 is 0.